The molecule has 0 aliphatic heterocycles. The molecule has 0 saturated heterocycles. The zero-order chi connectivity index (χ0) is 7.98. The van der Waals surface area contributed by atoms with Crippen molar-refractivity contribution in [3.05, 3.63) is 24.4 Å². The van der Waals surface area contributed by atoms with Gasteiger partial charge in [-0.2, -0.15) is 0 Å². The Labute approximate surface area is 64.0 Å². The van der Waals surface area contributed by atoms with E-state index in [9.17, 15) is 0 Å². The molecule has 0 rings (SSSR count). The Morgan fingerprint density at radius 2 is 2.10 bits per heavy atom. The second kappa shape index (κ2) is 5.10. The van der Waals surface area contributed by atoms with Gasteiger partial charge < -0.3 is 4.90 Å². The Balaban J connectivity index is 3.43. The standard InChI is InChI=1S/C9H17N/c1-5-9(2)7-6-8-10(3)4/h6,8H,2,5,7H2,1,3-4H3. The number of allylic oxidation sites excluding steroid dienone is 2. The first kappa shape index (κ1) is 9.28. The fraction of sp³-hybridized carbons (Fsp3) is 0.556. The van der Waals surface area contributed by atoms with Crippen molar-refractivity contribution in [2.75, 3.05) is 14.1 Å². The predicted octanol–water partition coefficient (Wildman–Crippen LogP) is 2.42. The molecule has 10 heavy (non-hydrogen) atoms. The second-order valence-electron chi connectivity index (χ2n) is 2.66. The number of rotatable bonds is 4. The molecule has 0 N–H and O–H groups in total. The van der Waals surface area contributed by atoms with Crippen molar-refractivity contribution < 1.29 is 0 Å². The van der Waals surface area contributed by atoms with E-state index in [2.05, 4.69) is 25.8 Å². The van der Waals surface area contributed by atoms with Gasteiger partial charge in [0.25, 0.3) is 0 Å². The first-order valence-corrected chi connectivity index (χ1v) is 3.66. The third-order valence-corrected chi connectivity index (χ3v) is 1.31. The molecule has 0 aromatic rings. The summed E-state index contributed by atoms with van der Waals surface area (Å²) in [5.74, 6) is 0. The monoisotopic (exact) mass is 139 g/mol. The van der Waals surface area contributed by atoms with Crippen molar-refractivity contribution in [2.24, 2.45) is 0 Å². The van der Waals surface area contributed by atoms with Gasteiger partial charge in [-0.05, 0) is 19.0 Å². The molecule has 0 aromatic carbocycles. The van der Waals surface area contributed by atoms with Gasteiger partial charge in [0.15, 0.2) is 0 Å². The van der Waals surface area contributed by atoms with Gasteiger partial charge in [0.2, 0.25) is 0 Å². The average molecular weight is 139 g/mol. The minimum absolute atomic E-state index is 1.01. The molecule has 0 aliphatic rings. The van der Waals surface area contributed by atoms with Gasteiger partial charge in [-0.1, -0.05) is 25.2 Å². The van der Waals surface area contributed by atoms with Crippen LogP contribution in [0, 0.1) is 0 Å². The van der Waals surface area contributed by atoms with Crippen LogP contribution in [0.5, 0.6) is 0 Å². The quantitative estimate of drug-likeness (QED) is 0.541. The van der Waals surface area contributed by atoms with Gasteiger partial charge >= 0.3 is 0 Å². The minimum Gasteiger partial charge on any atom is -0.384 e. The average Bonchev–Trinajstić information content (AvgIpc) is 1.87. The Kier molecular flexibility index (Phi) is 4.73. The first-order valence-electron chi connectivity index (χ1n) is 3.66. The van der Waals surface area contributed by atoms with E-state index in [1.807, 2.05) is 19.0 Å². The van der Waals surface area contributed by atoms with Crippen LogP contribution in [0.4, 0.5) is 0 Å². The normalized spacial score (nSPS) is 10.3. The molecule has 0 heterocycles. The molecule has 0 amide bonds. The van der Waals surface area contributed by atoms with Crippen LogP contribution in [-0.2, 0) is 0 Å². The third-order valence-electron chi connectivity index (χ3n) is 1.31. The van der Waals surface area contributed by atoms with Gasteiger partial charge in [0, 0.05) is 14.1 Å². The molecule has 0 radical (unpaired) electrons. The highest BCUT2D eigenvalue weighted by Gasteiger charge is 1.84. The first-order chi connectivity index (χ1) is 4.66. The Morgan fingerprint density at radius 3 is 2.50 bits per heavy atom. The summed E-state index contributed by atoms with van der Waals surface area (Å²) in [5, 5.41) is 0. The van der Waals surface area contributed by atoms with Crippen molar-refractivity contribution in [1.82, 2.24) is 4.90 Å². The number of hydrogen-bond acceptors (Lipinski definition) is 1. The predicted molar refractivity (Wildman–Crippen MR) is 46.9 cm³/mol. The Morgan fingerprint density at radius 1 is 1.50 bits per heavy atom. The van der Waals surface area contributed by atoms with Crippen molar-refractivity contribution in [2.45, 2.75) is 19.8 Å². The third kappa shape index (κ3) is 5.42. The van der Waals surface area contributed by atoms with Gasteiger partial charge in [-0.25, -0.2) is 0 Å². The van der Waals surface area contributed by atoms with Gasteiger partial charge in [-0.3, -0.25) is 0 Å². The lowest BCUT2D eigenvalue weighted by molar-refractivity contribution is 0.561. The summed E-state index contributed by atoms with van der Waals surface area (Å²) < 4.78 is 0. The Hall–Kier alpha value is -0.720. The van der Waals surface area contributed by atoms with E-state index in [1.165, 1.54) is 5.57 Å². The molecule has 0 aromatic heterocycles. The van der Waals surface area contributed by atoms with E-state index in [0.29, 0.717) is 0 Å². The molecule has 1 heteroatoms. The molecule has 0 unspecified atom stereocenters. The molecule has 1 nitrogen and oxygen atoms in total. The fourth-order valence-corrected chi connectivity index (χ4v) is 0.575. The smallest absolute Gasteiger partial charge is 0.00555 e. The summed E-state index contributed by atoms with van der Waals surface area (Å²) >= 11 is 0. The van der Waals surface area contributed by atoms with E-state index in [1.54, 1.807) is 0 Å². The number of hydrogen-bond donors (Lipinski definition) is 0. The van der Waals surface area contributed by atoms with Crippen molar-refractivity contribution >= 4 is 0 Å². The summed E-state index contributed by atoms with van der Waals surface area (Å²) in [7, 11) is 4.04. The summed E-state index contributed by atoms with van der Waals surface area (Å²) in [6, 6.07) is 0. The summed E-state index contributed by atoms with van der Waals surface area (Å²) in [6.07, 6.45) is 6.28. The lowest BCUT2D eigenvalue weighted by Crippen LogP contribution is -1.99. The van der Waals surface area contributed by atoms with Gasteiger partial charge in [0.1, 0.15) is 0 Å². The topological polar surface area (TPSA) is 3.24 Å². The van der Waals surface area contributed by atoms with E-state index < -0.39 is 0 Å². The highest BCUT2D eigenvalue weighted by atomic mass is 15.0. The zero-order valence-corrected chi connectivity index (χ0v) is 7.22. The molecule has 58 valence electrons. The lowest BCUT2D eigenvalue weighted by Gasteiger charge is -2.03. The van der Waals surface area contributed by atoms with Crippen LogP contribution in [-0.4, -0.2) is 19.0 Å². The minimum atomic E-state index is 1.01. The number of nitrogens with zero attached hydrogens (tertiary/aromatic N) is 1. The second-order valence-corrected chi connectivity index (χ2v) is 2.66. The van der Waals surface area contributed by atoms with Crippen LogP contribution < -0.4 is 0 Å². The summed E-state index contributed by atoms with van der Waals surface area (Å²) in [4.78, 5) is 2.03. The Bertz CT molecular complexity index is 123. The van der Waals surface area contributed by atoms with Crippen LogP contribution in [0.25, 0.3) is 0 Å². The fourth-order valence-electron chi connectivity index (χ4n) is 0.575. The van der Waals surface area contributed by atoms with E-state index in [-0.39, 0.29) is 0 Å². The van der Waals surface area contributed by atoms with E-state index in [4.69, 9.17) is 0 Å². The summed E-state index contributed by atoms with van der Waals surface area (Å²) in [6.45, 7) is 6.03. The van der Waals surface area contributed by atoms with Crippen molar-refractivity contribution in [1.29, 1.82) is 0 Å². The van der Waals surface area contributed by atoms with E-state index in [0.717, 1.165) is 12.8 Å². The van der Waals surface area contributed by atoms with E-state index >= 15 is 0 Å². The van der Waals surface area contributed by atoms with Crippen LogP contribution in [0.15, 0.2) is 24.4 Å². The van der Waals surface area contributed by atoms with Gasteiger partial charge in [0.05, 0.1) is 0 Å². The molecule has 0 spiro atoms. The maximum absolute atomic E-state index is 3.90. The molecule has 0 bridgehead atoms. The van der Waals surface area contributed by atoms with Gasteiger partial charge in [-0.15, -0.1) is 0 Å². The molecule has 0 atom stereocenters. The largest absolute Gasteiger partial charge is 0.384 e. The van der Waals surface area contributed by atoms with Crippen LogP contribution in [0.3, 0.4) is 0 Å². The maximum Gasteiger partial charge on any atom is 0.00555 e. The van der Waals surface area contributed by atoms with Crippen LogP contribution >= 0.6 is 0 Å². The van der Waals surface area contributed by atoms with Crippen LogP contribution in [0.2, 0.25) is 0 Å². The molecule has 0 fully saturated rings. The zero-order valence-electron chi connectivity index (χ0n) is 7.22. The molecular weight excluding hydrogens is 122 g/mol. The SMILES string of the molecule is C=C(CC)CC=CN(C)C. The highest BCUT2D eigenvalue weighted by molar-refractivity contribution is 5.00. The highest BCUT2D eigenvalue weighted by Crippen LogP contribution is 2.02. The molecule has 0 saturated carbocycles. The molecule has 0 aliphatic carbocycles. The maximum atomic E-state index is 3.90. The van der Waals surface area contributed by atoms with Crippen LogP contribution in [0.1, 0.15) is 19.8 Å². The van der Waals surface area contributed by atoms with Crippen molar-refractivity contribution in [3.63, 3.8) is 0 Å². The molecular formula is C9H17N. The lowest BCUT2D eigenvalue weighted by atomic mass is 10.2. The summed E-state index contributed by atoms with van der Waals surface area (Å²) in [5.41, 5.74) is 1.29. The van der Waals surface area contributed by atoms with Crippen molar-refractivity contribution in [3.8, 4) is 0 Å².